The van der Waals surface area contributed by atoms with Crippen molar-refractivity contribution in [1.29, 1.82) is 0 Å². The minimum absolute atomic E-state index is 0.212. The van der Waals surface area contributed by atoms with Crippen molar-refractivity contribution in [2.24, 2.45) is 0 Å². The maximum atomic E-state index is 12.5. The van der Waals surface area contributed by atoms with E-state index in [1.165, 1.54) is 0 Å². The molecule has 0 fully saturated rings. The molecule has 0 bridgehead atoms. The van der Waals surface area contributed by atoms with Crippen molar-refractivity contribution in [3.05, 3.63) is 39.6 Å². The van der Waals surface area contributed by atoms with Crippen LogP contribution in [0.2, 0.25) is 0 Å². The highest BCUT2D eigenvalue weighted by Gasteiger charge is 2.22. The first-order valence-corrected chi connectivity index (χ1v) is 8.79. The van der Waals surface area contributed by atoms with Crippen LogP contribution in [0, 0.1) is 0 Å². The van der Waals surface area contributed by atoms with Gasteiger partial charge < -0.3 is 0 Å². The summed E-state index contributed by atoms with van der Waals surface area (Å²) in [6.07, 6.45) is 4.95. The van der Waals surface area contributed by atoms with Gasteiger partial charge in [0.15, 0.2) is 5.78 Å². The summed E-state index contributed by atoms with van der Waals surface area (Å²) in [4.78, 5) is 13.6. The average Bonchev–Trinajstić information content (AvgIpc) is 2.53. The van der Waals surface area contributed by atoms with Crippen LogP contribution < -0.4 is 0 Å². The lowest BCUT2D eigenvalue weighted by molar-refractivity contribution is 0.102. The summed E-state index contributed by atoms with van der Waals surface area (Å²) in [5.74, 6) is 1.20. The van der Waals surface area contributed by atoms with Crippen LogP contribution in [0.5, 0.6) is 0 Å². The lowest BCUT2D eigenvalue weighted by atomic mass is 10.0. The Morgan fingerprint density at radius 1 is 1.24 bits per heavy atom. The summed E-state index contributed by atoms with van der Waals surface area (Å²) >= 11 is 5.14. The number of fused-ring (bicyclic) bond motifs is 1. The summed E-state index contributed by atoms with van der Waals surface area (Å²) in [5.41, 5.74) is 1.85. The zero-order valence-electron chi connectivity index (χ0n) is 9.86. The maximum Gasteiger partial charge on any atom is 0.191 e. The van der Waals surface area contributed by atoms with Crippen LogP contribution in [0.1, 0.15) is 16.8 Å². The third kappa shape index (κ3) is 2.75. The van der Waals surface area contributed by atoms with Crippen molar-refractivity contribution in [1.82, 2.24) is 0 Å². The quantitative estimate of drug-likeness (QED) is 0.752. The molecule has 0 N–H and O–H groups in total. The van der Waals surface area contributed by atoms with Gasteiger partial charge in [0.05, 0.1) is 0 Å². The Morgan fingerprint density at radius 2 is 1.94 bits per heavy atom. The number of ketones is 1. The zero-order chi connectivity index (χ0) is 12.3. The number of hydrogen-bond acceptors (Lipinski definition) is 4. The van der Waals surface area contributed by atoms with Gasteiger partial charge in [0, 0.05) is 26.0 Å². The normalized spacial score (nSPS) is 15.4. The first-order chi connectivity index (χ1) is 8.27. The van der Waals surface area contributed by atoms with Gasteiger partial charge in [-0.2, -0.15) is 0 Å². The van der Waals surface area contributed by atoms with E-state index in [-0.39, 0.29) is 5.78 Å². The molecule has 2 rings (SSSR count). The van der Waals surface area contributed by atoms with E-state index in [9.17, 15) is 4.79 Å². The Kier molecular flexibility index (Phi) is 4.65. The molecule has 0 aromatic heterocycles. The molecule has 17 heavy (non-hydrogen) atoms. The van der Waals surface area contributed by atoms with Crippen molar-refractivity contribution in [3.63, 3.8) is 0 Å². The SMILES string of the molecule is CSC(SC)=C1CCSc2ccccc2C1=O. The van der Waals surface area contributed by atoms with Gasteiger partial charge in [0.1, 0.15) is 0 Å². The fraction of sp³-hybridized carbons (Fsp3) is 0.308. The predicted octanol–water partition coefficient (Wildman–Crippen LogP) is 4.30. The lowest BCUT2D eigenvalue weighted by Gasteiger charge is -2.08. The van der Waals surface area contributed by atoms with Crippen molar-refractivity contribution in [3.8, 4) is 0 Å². The van der Waals surface area contributed by atoms with Crippen LogP contribution in [-0.2, 0) is 0 Å². The van der Waals surface area contributed by atoms with Crippen molar-refractivity contribution >= 4 is 41.1 Å². The molecule has 1 heterocycles. The molecule has 0 saturated heterocycles. The number of thioether (sulfide) groups is 3. The number of Topliss-reactive ketones (excluding diaryl/α,β-unsaturated/α-hetero) is 1. The van der Waals surface area contributed by atoms with E-state index in [4.69, 9.17) is 0 Å². The molecule has 1 aliphatic heterocycles. The Bertz CT molecular complexity index is 459. The molecule has 0 unspecified atom stereocenters. The monoisotopic (exact) mass is 282 g/mol. The number of carbonyl (C=O) groups is 1. The molecule has 0 aliphatic carbocycles. The number of rotatable bonds is 2. The van der Waals surface area contributed by atoms with E-state index in [1.807, 2.05) is 36.8 Å². The molecular weight excluding hydrogens is 268 g/mol. The van der Waals surface area contributed by atoms with Gasteiger partial charge in [-0.3, -0.25) is 4.79 Å². The average molecular weight is 282 g/mol. The maximum absolute atomic E-state index is 12.5. The molecule has 0 saturated carbocycles. The number of allylic oxidation sites excluding steroid dienone is 1. The molecule has 0 spiro atoms. The van der Waals surface area contributed by atoms with Gasteiger partial charge in [-0.1, -0.05) is 12.1 Å². The summed E-state index contributed by atoms with van der Waals surface area (Å²) in [6.45, 7) is 0. The molecule has 4 heteroatoms. The lowest BCUT2D eigenvalue weighted by Crippen LogP contribution is -2.04. The van der Waals surface area contributed by atoms with Gasteiger partial charge in [0.25, 0.3) is 0 Å². The van der Waals surface area contributed by atoms with E-state index in [1.54, 1.807) is 35.3 Å². The van der Waals surface area contributed by atoms with Gasteiger partial charge in [0.2, 0.25) is 0 Å². The molecule has 90 valence electrons. The number of hydrogen-bond donors (Lipinski definition) is 0. The minimum atomic E-state index is 0.212. The Hall–Kier alpha value is -0.320. The third-order valence-corrected chi connectivity index (χ3v) is 5.94. The summed E-state index contributed by atoms with van der Waals surface area (Å²) in [6, 6.07) is 7.92. The van der Waals surface area contributed by atoms with Crippen LogP contribution in [-0.4, -0.2) is 24.0 Å². The zero-order valence-corrected chi connectivity index (χ0v) is 12.3. The van der Waals surface area contributed by atoms with Crippen molar-refractivity contribution in [2.75, 3.05) is 18.3 Å². The molecule has 0 radical (unpaired) electrons. The molecular formula is C13H14OS3. The van der Waals surface area contributed by atoms with Crippen LogP contribution >= 0.6 is 35.3 Å². The standard InChI is InChI=1S/C13H14OS3/c1-15-13(16-2)10-7-8-17-11-6-4-3-5-9(11)12(10)14/h3-6H,7-8H2,1-2H3. The van der Waals surface area contributed by atoms with E-state index in [0.29, 0.717) is 0 Å². The number of benzene rings is 1. The highest BCUT2D eigenvalue weighted by atomic mass is 32.2. The first kappa shape index (κ1) is 13.1. The molecule has 1 aromatic rings. The molecule has 0 atom stereocenters. The van der Waals surface area contributed by atoms with Crippen LogP contribution in [0.3, 0.4) is 0 Å². The second kappa shape index (κ2) is 6.03. The molecule has 1 aromatic carbocycles. The van der Waals surface area contributed by atoms with E-state index < -0.39 is 0 Å². The Balaban J connectivity index is 2.49. The summed E-state index contributed by atoms with van der Waals surface area (Å²) in [5, 5.41) is 0. The molecule has 1 aliphatic rings. The molecule has 0 amide bonds. The fourth-order valence-electron chi connectivity index (χ4n) is 1.84. The highest BCUT2D eigenvalue weighted by Crippen LogP contribution is 2.37. The second-order valence-corrected chi connectivity index (χ2v) is 6.63. The van der Waals surface area contributed by atoms with E-state index in [2.05, 4.69) is 0 Å². The van der Waals surface area contributed by atoms with Crippen LogP contribution in [0.15, 0.2) is 39.0 Å². The summed E-state index contributed by atoms with van der Waals surface area (Å²) < 4.78 is 1.16. The molecule has 1 nitrogen and oxygen atoms in total. The van der Waals surface area contributed by atoms with Crippen molar-refractivity contribution < 1.29 is 4.79 Å². The van der Waals surface area contributed by atoms with Gasteiger partial charge in [-0.15, -0.1) is 35.3 Å². The van der Waals surface area contributed by atoms with Crippen LogP contribution in [0.4, 0.5) is 0 Å². The Morgan fingerprint density at radius 3 is 2.65 bits per heavy atom. The highest BCUT2D eigenvalue weighted by molar-refractivity contribution is 8.21. The second-order valence-electron chi connectivity index (χ2n) is 3.60. The topological polar surface area (TPSA) is 17.1 Å². The van der Waals surface area contributed by atoms with Gasteiger partial charge in [-0.05, 0) is 31.1 Å². The van der Waals surface area contributed by atoms with E-state index in [0.717, 1.165) is 32.4 Å². The van der Waals surface area contributed by atoms with Gasteiger partial charge in [-0.25, -0.2) is 0 Å². The third-order valence-electron chi connectivity index (χ3n) is 2.63. The van der Waals surface area contributed by atoms with E-state index >= 15 is 0 Å². The fourth-order valence-corrected chi connectivity index (χ4v) is 4.41. The largest absolute Gasteiger partial charge is 0.289 e. The first-order valence-electron chi connectivity index (χ1n) is 5.35. The van der Waals surface area contributed by atoms with Crippen LogP contribution in [0.25, 0.3) is 0 Å². The summed E-state index contributed by atoms with van der Waals surface area (Å²) in [7, 11) is 0. The van der Waals surface area contributed by atoms with Crippen molar-refractivity contribution in [2.45, 2.75) is 11.3 Å². The number of carbonyl (C=O) groups excluding carboxylic acids is 1. The predicted molar refractivity (Wildman–Crippen MR) is 80.2 cm³/mol. The Labute approximate surface area is 115 Å². The minimum Gasteiger partial charge on any atom is -0.289 e. The smallest absolute Gasteiger partial charge is 0.191 e. The van der Waals surface area contributed by atoms with Gasteiger partial charge >= 0.3 is 0 Å².